The van der Waals surface area contributed by atoms with E-state index in [4.69, 9.17) is 5.11 Å². The number of carbonyl (C=O) groups is 2. The molecule has 0 spiro atoms. The van der Waals surface area contributed by atoms with Gasteiger partial charge in [-0.25, -0.2) is 9.59 Å². The van der Waals surface area contributed by atoms with Crippen LogP contribution in [0, 0.1) is 5.92 Å². The number of aromatic nitrogens is 2. The zero-order valence-electron chi connectivity index (χ0n) is 11.0. The molecule has 3 N–H and O–H groups in total. The Morgan fingerprint density at radius 1 is 1.47 bits per heavy atom. The van der Waals surface area contributed by atoms with Crippen LogP contribution < -0.4 is 10.6 Å². The minimum atomic E-state index is -1.04. The predicted molar refractivity (Wildman–Crippen MR) is 68.3 cm³/mol. The van der Waals surface area contributed by atoms with E-state index in [1.807, 2.05) is 6.92 Å². The predicted octanol–water partition coefficient (Wildman–Crippen LogP) is 0.775. The van der Waals surface area contributed by atoms with Crippen molar-refractivity contribution >= 4 is 12.0 Å². The summed E-state index contributed by atoms with van der Waals surface area (Å²) >= 11 is 0. The highest BCUT2D eigenvalue weighted by Gasteiger charge is 2.25. The van der Waals surface area contributed by atoms with Crippen molar-refractivity contribution in [2.75, 3.05) is 0 Å². The third kappa shape index (κ3) is 4.90. The fraction of sp³-hybridized carbons (Fsp3) is 0.500. The number of amides is 2. The van der Waals surface area contributed by atoms with Gasteiger partial charge in [-0.3, -0.25) is 0 Å². The number of nitrogens with zero attached hydrogens (tertiary/aromatic N) is 2. The summed E-state index contributed by atoms with van der Waals surface area (Å²) < 4.78 is 0. The molecule has 1 aromatic rings. The lowest BCUT2D eigenvalue weighted by Gasteiger charge is -2.20. The van der Waals surface area contributed by atoms with Crippen molar-refractivity contribution in [2.24, 2.45) is 5.92 Å². The number of hydrogen-bond donors (Lipinski definition) is 3. The average Bonchev–Trinajstić information content (AvgIpc) is 2.42. The minimum Gasteiger partial charge on any atom is -0.480 e. The van der Waals surface area contributed by atoms with Crippen LogP contribution in [0.4, 0.5) is 4.79 Å². The molecule has 1 heterocycles. The molecule has 1 aromatic heterocycles. The zero-order chi connectivity index (χ0) is 14.3. The lowest BCUT2D eigenvalue weighted by atomic mass is 9.99. The monoisotopic (exact) mass is 266 g/mol. The molecule has 7 nitrogen and oxygen atoms in total. The number of aliphatic carboxylic acids is 1. The van der Waals surface area contributed by atoms with E-state index in [1.165, 1.54) is 6.20 Å². The summed E-state index contributed by atoms with van der Waals surface area (Å²) in [5.74, 6) is -1.18. The van der Waals surface area contributed by atoms with Crippen LogP contribution in [0.25, 0.3) is 0 Å². The van der Waals surface area contributed by atoms with Crippen molar-refractivity contribution in [1.29, 1.82) is 0 Å². The lowest BCUT2D eigenvalue weighted by molar-refractivity contribution is -0.140. The van der Waals surface area contributed by atoms with Crippen molar-refractivity contribution in [1.82, 2.24) is 20.8 Å². The summed E-state index contributed by atoms with van der Waals surface area (Å²) in [6.45, 7) is 3.86. The Kier molecular flexibility index (Phi) is 5.72. The molecule has 1 rings (SSSR count). The van der Waals surface area contributed by atoms with Crippen LogP contribution >= 0.6 is 0 Å². The second kappa shape index (κ2) is 7.30. The van der Waals surface area contributed by atoms with Gasteiger partial charge in [-0.15, -0.1) is 0 Å². The molecule has 0 aliphatic heterocycles. The Balaban J connectivity index is 2.47. The number of hydrogen-bond acceptors (Lipinski definition) is 4. The highest BCUT2D eigenvalue weighted by Crippen LogP contribution is 2.07. The minimum absolute atomic E-state index is 0.139. The topological polar surface area (TPSA) is 104 Å². The Labute approximate surface area is 111 Å². The second-order valence-corrected chi connectivity index (χ2v) is 4.24. The van der Waals surface area contributed by atoms with Crippen LogP contribution in [0.5, 0.6) is 0 Å². The molecule has 0 saturated heterocycles. The Hall–Kier alpha value is -2.18. The van der Waals surface area contributed by atoms with Gasteiger partial charge in [0.15, 0.2) is 0 Å². The first-order valence-corrected chi connectivity index (χ1v) is 6.08. The Bertz CT molecular complexity index is 424. The van der Waals surface area contributed by atoms with Gasteiger partial charge in [-0.2, -0.15) is 10.2 Å². The molecule has 1 unspecified atom stereocenters. The molecule has 0 fully saturated rings. The van der Waals surface area contributed by atoms with Gasteiger partial charge in [0, 0.05) is 6.20 Å². The SMILES string of the molecule is CCC(C)[C@H](NC(=O)NCc1cccnn1)C(=O)O. The Morgan fingerprint density at radius 3 is 2.74 bits per heavy atom. The van der Waals surface area contributed by atoms with E-state index >= 15 is 0 Å². The normalized spacial score (nSPS) is 13.4. The molecule has 2 atom stereocenters. The van der Waals surface area contributed by atoms with Gasteiger partial charge >= 0.3 is 12.0 Å². The highest BCUT2D eigenvalue weighted by molar-refractivity contribution is 5.82. The molecule has 0 aromatic carbocycles. The number of carboxylic acid groups (broad SMARTS) is 1. The maximum absolute atomic E-state index is 11.6. The number of carboxylic acids is 1. The number of nitrogens with one attached hydrogen (secondary N) is 2. The summed E-state index contributed by atoms with van der Waals surface area (Å²) in [5, 5.41) is 21.5. The quantitative estimate of drug-likeness (QED) is 0.705. The molecule has 7 heteroatoms. The lowest BCUT2D eigenvalue weighted by Crippen LogP contribution is -2.48. The highest BCUT2D eigenvalue weighted by atomic mass is 16.4. The molecular formula is C12H18N4O3. The van der Waals surface area contributed by atoms with Gasteiger partial charge in [-0.1, -0.05) is 20.3 Å². The molecule has 104 valence electrons. The molecule has 0 radical (unpaired) electrons. The summed E-state index contributed by atoms with van der Waals surface area (Å²) in [6, 6.07) is 2.00. The van der Waals surface area contributed by atoms with Gasteiger partial charge in [0.1, 0.15) is 6.04 Å². The van der Waals surface area contributed by atoms with E-state index in [0.29, 0.717) is 12.1 Å². The number of rotatable bonds is 6. The smallest absolute Gasteiger partial charge is 0.326 e. The first-order valence-electron chi connectivity index (χ1n) is 6.08. The fourth-order valence-corrected chi connectivity index (χ4v) is 1.47. The maximum Gasteiger partial charge on any atom is 0.326 e. The van der Waals surface area contributed by atoms with E-state index in [2.05, 4.69) is 20.8 Å². The van der Waals surface area contributed by atoms with Gasteiger partial charge < -0.3 is 15.7 Å². The largest absolute Gasteiger partial charge is 0.480 e. The summed E-state index contributed by atoms with van der Waals surface area (Å²) in [6.07, 6.45) is 2.20. The number of carbonyl (C=O) groups excluding carboxylic acids is 1. The van der Waals surface area contributed by atoms with Crippen LogP contribution in [0.3, 0.4) is 0 Å². The van der Waals surface area contributed by atoms with Crippen molar-refractivity contribution in [3.63, 3.8) is 0 Å². The molecule has 0 bridgehead atoms. The first kappa shape index (κ1) is 14.9. The standard InChI is InChI=1S/C12H18N4O3/c1-3-8(2)10(11(17)18)15-12(19)13-7-9-5-4-6-14-16-9/h4-6,8,10H,3,7H2,1-2H3,(H,17,18)(H2,13,15,19)/t8?,10-/m0/s1. The van der Waals surface area contributed by atoms with Crippen LogP contribution in [-0.4, -0.2) is 33.3 Å². The van der Waals surface area contributed by atoms with Gasteiger partial charge in [0.25, 0.3) is 0 Å². The van der Waals surface area contributed by atoms with E-state index in [1.54, 1.807) is 19.1 Å². The second-order valence-electron chi connectivity index (χ2n) is 4.24. The molecule has 0 aliphatic rings. The van der Waals surface area contributed by atoms with Crippen LogP contribution in [0.2, 0.25) is 0 Å². The third-order valence-corrected chi connectivity index (χ3v) is 2.82. The molecule has 2 amide bonds. The summed E-state index contributed by atoms with van der Waals surface area (Å²) in [7, 11) is 0. The van der Waals surface area contributed by atoms with Crippen LogP contribution in [0.15, 0.2) is 18.3 Å². The Morgan fingerprint density at radius 2 is 2.21 bits per heavy atom. The van der Waals surface area contributed by atoms with E-state index in [9.17, 15) is 9.59 Å². The average molecular weight is 266 g/mol. The van der Waals surface area contributed by atoms with Crippen molar-refractivity contribution in [2.45, 2.75) is 32.9 Å². The van der Waals surface area contributed by atoms with E-state index < -0.39 is 18.0 Å². The van der Waals surface area contributed by atoms with Gasteiger partial charge in [0.05, 0.1) is 12.2 Å². The van der Waals surface area contributed by atoms with Crippen molar-refractivity contribution in [3.8, 4) is 0 Å². The van der Waals surface area contributed by atoms with Gasteiger partial charge in [-0.05, 0) is 18.1 Å². The third-order valence-electron chi connectivity index (χ3n) is 2.82. The molecule has 19 heavy (non-hydrogen) atoms. The summed E-state index contributed by atoms with van der Waals surface area (Å²) in [4.78, 5) is 22.7. The summed E-state index contributed by atoms with van der Waals surface area (Å²) in [5.41, 5.74) is 0.605. The van der Waals surface area contributed by atoms with Crippen molar-refractivity contribution < 1.29 is 14.7 Å². The molecule has 0 saturated carbocycles. The van der Waals surface area contributed by atoms with Crippen LogP contribution in [-0.2, 0) is 11.3 Å². The first-order chi connectivity index (χ1) is 9.04. The maximum atomic E-state index is 11.6. The molecular weight excluding hydrogens is 248 g/mol. The zero-order valence-corrected chi connectivity index (χ0v) is 11.0. The van der Waals surface area contributed by atoms with Gasteiger partial charge in [0.2, 0.25) is 0 Å². The van der Waals surface area contributed by atoms with Crippen molar-refractivity contribution in [3.05, 3.63) is 24.0 Å². The van der Waals surface area contributed by atoms with E-state index in [0.717, 1.165) is 0 Å². The van der Waals surface area contributed by atoms with E-state index in [-0.39, 0.29) is 12.5 Å². The van der Waals surface area contributed by atoms with Crippen LogP contribution in [0.1, 0.15) is 26.0 Å². The number of urea groups is 1. The fourth-order valence-electron chi connectivity index (χ4n) is 1.47. The molecule has 0 aliphatic carbocycles.